The Bertz CT molecular complexity index is 843. The van der Waals surface area contributed by atoms with Gasteiger partial charge in [0.05, 0.1) is 7.11 Å². The number of esters is 1. The van der Waals surface area contributed by atoms with Crippen LogP contribution in [0.2, 0.25) is 5.02 Å². The molecular weight excluding hydrogens is 389 g/mol. The highest BCUT2D eigenvalue weighted by molar-refractivity contribution is 6.30. The first-order valence-corrected chi connectivity index (χ1v) is 7.77. The number of amides is 2. The number of aliphatic hydroxyl groups is 1. The van der Waals surface area contributed by atoms with Crippen LogP contribution < -0.4 is 10.6 Å². The van der Waals surface area contributed by atoms with E-state index >= 15 is 0 Å². The standard InChI is InChI=1S/C17H14ClF3N2O4/c1-27-14(24)16(26,17(19,20)21)10-5-7-12(8-6-10)22-15(25)23-13-4-2-3-11(18)9-13/h2-9,26H,1H3,(H2,22,23,25). The molecule has 27 heavy (non-hydrogen) atoms. The van der Waals surface area contributed by atoms with Gasteiger partial charge in [0, 0.05) is 22.0 Å². The Morgan fingerprint density at radius 1 is 1.04 bits per heavy atom. The van der Waals surface area contributed by atoms with Gasteiger partial charge in [0.1, 0.15) is 0 Å². The van der Waals surface area contributed by atoms with Gasteiger partial charge in [0.2, 0.25) is 0 Å². The number of hydrogen-bond acceptors (Lipinski definition) is 4. The van der Waals surface area contributed by atoms with Crippen molar-refractivity contribution in [3.63, 3.8) is 0 Å². The zero-order valence-corrected chi connectivity index (χ0v) is 14.6. The topological polar surface area (TPSA) is 87.7 Å². The second kappa shape index (κ2) is 7.85. The number of carbonyl (C=O) groups excluding carboxylic acids is 2. The SMILES string of the molecule is COC(=O)C(O)(c1ccc(NC(=O)Nc2cccc(Cl)c2)cc1)C(F)(F)F. The van der Waals surface area contributed by atoms with Gasteiger partial charge in [-0.25, -0.2) is 9.59 Å². The van der Waals surface area contributed by atoms with Crippen molar-refractivity contribution in [2.75, 3.05) is 17.7 Å². The third kappa shape index (κ3) is 4.50. The molecule has 6 nitrogen and oxygen atoms in total. The van der Waals surface area contributed by atoms with Gasteiger partial charge in [-0.1, -0.05) is 29.8 Å². The van der Waals surface area contributed by atoms with E-state index in [4.69, 9.17) is 11.6 Å². The van der Waals surface area contributed by atoms with Crippen molar-refractivity contribution >= 4 is 35.0 Å². The van der Waals surface area contributed by atoms with Crippen LogP contribution in [0, 0.1) is 0 Å². The minimum atomic E-state index is -5.29. The largest absolute Gasteiger partial charge is 0.466 e. The maximum absolute atomic E-state index is 13.2. The highest BCUT2D eigenvalue weighted by Gasteiger charge is 2.62. The van der Waals surface area contributed by atoms with Crippen LogP contribution in [0.25, 0.3) is 0 Å². The van der Waals surface area contributed by atoms with E-state index in [1.807, 2.05) is 0 Å². The van der Waals surface area contributed by atoms with Gasteiger partial charge in [-0.3, -0.25) is 0 Å². The summed E-state index contributed by atoms with van der Waals surface area (Å²) < 4.78 is 43.6. The summed E-state index contributed by atoms with van der Waals surface area (Å²) in [7, 11) is 0.731. The molecule has 0 aliphatic carbocycles. The molecule has 0 saturated carbocycles. The summed E-state index contributed by atoms with van der Waals surface area (Å²) in [5.74, 6) is -1.87. The predicted octanol–water partition coefficient (Wildman–Crippen LogP) is 3.91. The molecule has 0 aromatic heterocycles. The molecule has 1 atom stereocenters. The second-order valence-electron chi connectivity index (χ2n) is 5.37. The lowest BCUT2D eigenvalue weighted by Gasteiger charge is -2.28. The van der Waals surface area contributed by atoms with Crippen molar-refractivity contribution in [1.29, 1.82) is 0 Å². The average molecular weight is 403 g/mol. The van der Waals surface area contributed by atoms with Crippen molar-refractivity contribution in [2.24, 2.45) is 0 Å². The molecule has 0 saturated heterocycles. The van der Waals surface area contributed by atoms with E-state index in [-0.39, 0.29) is 5.69 Å². The predicted molar refractivity (Wildman–Crippen MR) is 92.5 cm³/mol. The monoisotopic (exact) mass is 402 g/mol. The minimum Gasteiger partial charge on any atom is -0.466 e. The number of rotatable bonds is 4. The number of ether oxygens (including phenoxy) is 1. The molecule has 144 valence electrons. The number of carbonyl (C=O) groups is 2. The molecule has 10 heteroatoms. The number of methoxy groups -OCH3 is 1. The summed E-state index contributed by atoms with van der Waals surface area (Å²) in [6.07, 6.45) is -5.29. The van der Waals surface area contributed by atoms with Crippen LogP contribution in [0.5, 0.6) is 0 Å². The molecule has 0 radical (unpaired) electrons. The first-order chi connectivity index (χ1) is 12.6. The molecule has 3 N–H and O–H groups in total. The molecule has 2 rings (SSSR count). The van der Waals surface area contributed by atoms with Gasteiger partial charge in [-0.2, -0.15) is 13.2 Å². The van der Waals surface area contributed by atoms with Crippen LogP contribution in [-0.2, 0) is 15.1 Å². The highest BCUT2D eigenvalue weighted by atomic mass is 35.5. The maximum Gasteiger partial charge on any atom is 0.432 e. The molecule has 2 aromatic rings. The van der Waals surface area contributed by atoms with Crippen molar-refractivity contribution < 1.29 is 32.6 Å². The number of nitrogens with one attached hydrogen (secondary N) is 2. The maximum atomic E-state index is 13.2. The smallest absolute Gasteiger partial charge is 0.432 e. The minimum absolute atomic E-state index is 0.132. The van der Waals surface area contributed by atoms with Gasteiger partial charge in [0.25, 0.3) is 5.60 Å². The summed E-state index contributed by atoms with van der Waals surface area (Å²) in [6.45, 7) is 0. The zero-order valence-electron chi connectivity index (χ0n) is 13.8. The molecule has 2 amide bonds. The van der Waals surface area contributed by atoms with Crippen LogP contribution in [0.1, 0.15) is 5.56 Å². The van der Waals surface area contributed by atoms with Crippen molar-refractivity contribution in [3.05, 3.63) is 59.1 Å². The van der Waals surface area contributed by atoms with Gasteiger partial charge < -0.3 is 20.5 Å². The number of halogens is 4. The molecule has 2 aromatic carbocycles. The fourth-order valence-corrected chi connectivity index (χ4v) is 2.39. The lowest BCUT2D eigenvalue weighted by Crippen LogP contribution is -2.49. The third-order valence-electron chi connectivity index (χ3n) is 3.53. The summed E-state index contributed by atoms with van der Waals surface area (Å²) in [6, 6.07) is 9.60. The summed E-state index contributed by atoms with van der Waals surface area (Å²) in [4.78, 5) is 23.4. The highest BCUT2D eigenvalue weighted by Crippen LogP contribution is 2.40. The molecular formula is C17H14ClF3N2O4. The second-order valence-corrected chi connectivity index (χ2v) is 5.80. The molecule has 0 spiro atoms. The van der Waals surface area contributed by atoms with E-state index < -0.39 is 29.3 Å². The van der Waals surface area contributed by atoms with E-state index in [0.29, 0.717) is 10.7 Å². The van der Waals surface area contributed by atoms with Gasteiger partial charge in [-0.15, -0.1) is 0 Å². The Morgan fingerprint density at radius 2 is 1.63 bits per heavy atom. The Labute approximate surface area is 156 Å². The molecule has 1 unspecified atom stereocenters. The molecule has 0 aliphatic rings. The van der Waals surface area contributed by atoms with Crippen molar-refractivity contribution in [3.8, 4) is 0 Å². The zero-order chi connectivity index (χ0) is 20.2. The Morgan fingerprint density at radius 3 is 2.15 bits per heavy atom. The normalized spacial score (nSPS) is 13.4. The van der Waals surface area contributed by atoms with Gasteiger partial charge in [0.15, 0.2) is 0 Å². The summed E-state index contributed by atoms with van der Waals surface area (Å²) >= 11 is 5.80. The van der Waals surface area contributed by atoms with Gasteiger partial charge in [-0.05, 0) is 30.3 Å². The third-order valence-corrected chi connectivity index (χ3v) is 3.77. The fraction of sp³-hybridized carbons (Fsp3) is 0.176. The average Bonchev–Trinajstić information content (AvgIpc) is 2.60. The van der Waals surface area contributed by atoms with Crippen LogP contribution in [0.4, 0.5) is 29.3 Å². The van der Waals surface area contributed by atoms with E-state index in [2.05, 4.69) is 15.4 Å². The van der Waals surface area contributed by atoms with E-state index in [0.717, 1.165) is 31.4 Å². The van der Waals surface area contributed by atoms with E-state index in [9.17, 15) is 27.9 Å². The summed E-state index contributed by atoms with van der Waals surface area (Å²) in [5.41, 5.74) is -4.02. The number of benzene rings is 2. The number of alkyl halides is 3. The number of urea groups is 1. The Kier molecular flexibility index (Phi) is 5.97. The lowest BCUT2D eigenvalue weighted by atomic mass is 9.93. The fourth-order valence-electron chi connectivity index (χ4n) is 2.20. The quantitative estimate of drug-likeness (QED) is 0.677. The van der Waals surface area contributed by atoms with Gasteiger partial charge >= 0.3 is 18.2 Å². The Balaban J connectivity index is 2.16. The first kappa shape index (κ1) is 20.5. The number of hydrogen-bond donors (Lipinski definition) is 3. The Hall–Kier alpha value is -2.78. The van der Waals surface area contributed by atoms with Crippen LogP contribution in [0.15, 0.2) is 48.5 Å². The van der Waals surface area contributed by atoms with Crippen molar-refractivity contribution in [1.82, 2.24) is 0 Å². The van der Waals surface area contributed by atoms with E-state index in [1.54, 1.807) is 18.2 Å². The first-order valence-electron chi connectivity index (χ1n) is 7.39. The van der Waals surface area contributed by atoms with Crippen LogP contribution >= 0.6 is 11.6 Å². The van der Waals surface area contributed by atoms with Crippen molar-refractivity contribution in [2.45, 2.75) is 11.8 Å². The van der Waals surface area contributed by atoms with Crippen LogP contribution in [-0.4, -0.2) is 30.4 Å². The lowest BCUT2D eigenvalue weighted by molar-refractivity contribution is -0.266. The van der Waals surface area contributed by atoms with Crippen LogP contribution in [0.3, 0.4) is 0 Å². The van der Waals surface area contributed by atoms with E-state index in [1.165, 1.54) is 6.07 Å². The molecule has 0 aliphatic heterocycles. The molecule has 0 bridgehead atoms. The molecule has 0 heterocycles. The number of anilines is 2. The summed E-state index contributed by atoms with van der Waals surface area (Å²) in [5, 5.41) is 15.2. The molecule has 0 fully saturated rings.